The van der Waals surface area contributed by atoms with Crippen LogP contribution < -0.4 is 0 Å². The van der Waals surface area contributed by atoms with Crippen molar-refractivity contribution in [3.63, 3.8) is 0 Å². The Labute approximate surface area is 117 Å². The molecule has 5 nitrogen and oxygen atoms in total. The summed E-state index contributed by atoms with van der Waals surface area (Å²) in [5, 5.41) is -0.376. The lowest BCUT2D eigenvalue weighted by Crippen LogP contribution is -2.48. The summed E-state index contributed by atoms with van der Waals surface area (Å²) < 4.78 is 9.84. The molecule has 1 aliphatic rings. The molecule has 1 heterocycles. The summed E-state index contributed by atoms with van der Waals surface area (Å²) in [6.07, 6.45) is 0. The van der Waals surface area contributed by atoms with E-state index in [1.54, 1.807) is 13.8 Å². The highest BCUT2D eigenvalue weighted by Crippen LogP contribution is 2.38. The number of carbonyl (C=O) groups is 3. The molecular weight excluding hydrogens is 268 g/mol. The van der Waals surface area contributed by atoms with Gasteiger partial charge in [0.1, 0.15) is 11.8 Å². The van der Waals surface area contributed by atoms with Gasteiger partial charge in [0.05, 0.1) is 13.2 Å². The summed E-state index contributed by atoms with van der Waals surface area (Å²) in [5.74, 6) is -3.23. The zero-order valence-corrected chi connectivity index (χ0v) is 12.5. The van der Waals surface area contributed by atoms with E-state index in [0.717, 1.165) is 0 Å². The molecule has 0 bridgehead atoms. The van der Waals surface area contributed by atoms with Crippen molar-refractivity contribution in [3.8, 4) is 0 Å². The number of ketones is 1. The molecule has 6 heteroatoms. The number of ether oxygens (including phenoxy) is 2. The molecule has 0 N–H and O–H groups in total. The lowest BCUT2D eigenvalue weighted by atomic mass is 9.87. The van der Waals surface area contributed by atoms with E-state index in [2.05, 4.69) is 0 Å². The van der Waals surface area contributed by atoms with Gasteiger partial charge in [-0.25, -0.2) is 0 Å². The molecule has 0 aromatic heterocycles. The Hall–Kier alpha value is -1.04. The molecule has 1 aliphatic heterocycles. The van der Waals surface area contributed by atoms with Crippen LogP contribution in [0.4, 0.5) is 0 Å². The van der Waals surface area contributed by atoms with Gasteiger partial charge >= 0.3 is 11.9 Å². The predicted molar refractivity (Wildman–Crippen MR) is 71.8 cm³/mol. The smallest absolute Gasteiger partial charge is 0.317 e. The first kappa shape index (κ1) is 16.0. The Balaban J connectivity index is 2.92. The quantitative estimate of drug-likeness (QED) is 0.576. The molecule has 0 aliphatic carbocycles. The standard InChI is InChI=1S/C13H20O5S/c1-5-17-12(15)9-7(3)19-8(4)10(11(9)14)13(16)18-6-2/h7-10H,5-6H2,1-4H3. The van der Waals surface area contributed by atoms with Gasteiger partial charge in [-0.2, -0.15) is 11.8 Å². The summed E-state index contributed by atoms with van der Waals surface area (Å²) >= 11 is 1.45. The minimum atomic E-state index is -0.879. The lowest BCUT2D eigenvalue weighted by molar-refractivity contribution is -0.157. The average molecular weight is 288 g/mol. The maximum Gasteiger partial charge on any atom is 0.317 e. The second kappa shape index (κ2) is 6.93. The fourth-order valence-corrected chi connectivity index (χ4v) is 3.71. The van der Waals surface area contributed by atoms with E-state index in [4.69, 9.17) is 9.47 Å². The third kappa shape index (κ3) is 3.49. The van der Waals surface area contributed by atoms with Crippen molar-refractivity contribution in [1.29, 1.82) is 0 Å². The van der Waals surface area contributed by atoms with Crippen LogP contribution in [0.5, 0.6) is 0 Å². The van der Waals surface area contributed by atoms with Crippen LogP contribution in [0.2, 0.25) is 0 Å². The van der Waals surface area contributed by atoms with Crippen LogP contribution in [0.25, 0.3) is 0 Å². The lowest BCUT2D eigenvalue weighted by Gasteiger charge is -2.34. The van der Waals surface area contributed by atoms with Gasteiger partial charge in [0, 0.05) is 10.5 Å². The number of thioether (sulfide) groups is 1. The molecular formula is C13H20O5S. The van der Waals surface area contributed by atoms with E-state index >= 15 is 0 Å². The van der Waals surface area contributed by atoms with Gasteiger partial charge < -0.3 is 9.47 Å². The number of hydrogen-bond acceptors (Lipinski definition) is 6. The topological polar surface area (TPSA) is 69.7 Å². The van der Waals surface area contributed by atoms with Gasteiger partial charge in [-0.1, -0.05) is 13.8 Å². The van der Waals surface area contributed by atoms with Gasteiger partial charge in [-0.15, -0.1) is 0 Å². The molecule has 0 amide bonds. The Morgan fingerprint density at radius 3 is 1.68 bits per heavy atom. The molecule has 0 aromatic rings. The summed E-state index contributed by atoms with van der Waals surface area (Å²) in [5.41, 5.74) is 0. The zero-order valence-electron chi connectivity index (χ0n) is 11.7. The predicted octanol–water partition coefficient (Wildman–Crippen LogP) is 1.44. The number of carbonyl (C=O) groups excluding carboxylic acids is 3. The summed E-state index contributed by atoms with van der Waals surface area (Å²) in [7, 11) is 0. The molecule has 4 atom stereocenters. The molecule has 4 unspecified atom stereocenters. The highest BCUT2D eigenvalue weighted by Gasteiger charge is 2.48. The number of hydrogen-bond donors (Lipinski definition) is 0. The fourth-order valence-electron chi connectivity index (χ4n) is 2.23. The van der Waals surface area contributed by atoms with E-state index < -0.39 is 23.8 Å². The molecule has 1 rings (SSSR count). The molecule has 0 saturated carbocycles. The van der Waals surface area contributed by atoms with Crippen LogP contribution in [0, 0.1) is 11.8 Å². The maximum atomic E-state index is 12.4. The Kier molecular flexibility index (Phi) is 5.85. The van der Waals surface area contributed by atoms with E-state index in [1.165, 1.54) is 11.8 Å². The second-order valence-corrected chi connectivity index (χ2v) is 6.17. The molecule has 0 aromatic carbocycles. The van der Waals surface area contributed by atoms with Gasteiger partial charge in [-0.3, -0.25) is 14.4 Å². The molecule has 1 fully saturated rings. The summed E-state index contributed by atoms with van der Waals surface area (Å²) in [6, 6.07) is 0. The molecule has 19 heavy (non-hydrogen) atoms. The monoisotopic (exact) mass is 288 g/mol. The number of esters is 2. The second-order valence-electron chi connectivity index (χ2n) is 4.41. The molecule has 0 spiro atoms. The van der Waals surface area contributed by atoms with Gasteiger partial charge in [0.25, 0.3) is 0 Å². The van der Waals surface area contributed by atoms with Crippen LogP contribution in [0.15, 0.2) is 0 Å². The molecule has 1 saturated heterocycles. The maximum absolute atomic E-state index is 12.4. The van der Waals surface area contributed by atoms with Crippen molar-refractivity contribution < 1.29 is 23.9 Å². The highest BCUT2D eigenvalue weighted by molar-refractivity contribution is 8.00. The summed E-state index contributed by atoms with van der Waals surface area (Å²) in [6.45, 7) is 7.44. The Bertz CT molecular complexity index is 336. The number of Topliss-reactive ketones (excluding diaryl/α,β-unsaturated/α-hetero) is 1. The van der Waals surface area contributed by atoms with Crippen molar-refractivity contribution >= 4 is 29.5 Å². The SMILES string of the molecule is CCOC(=O)C1C(=O)C(C(=O)OCC)C(C)SC1C. The normalized spacial score (nSPS) is 30.8. The van der Waals surface area contributed by atoms with Crippen LogP contribution in [0.1, 0.15) is 27.7 Å². The van der Waals surface area contributed by atoms with Crippen LogP contribution in [0.3, 0.4) is 0 Å². The highest BCUT2D eigenvalue weighted by atomic mass is 32.2. The average Bonchev–Trinajstić information content (AvgIpc) is 2.28. The van der Waals surface area contributed by atoms with Crippen molar-refractivity contribution in [1.82, 2.24) is 0 Å². The van der Waals surface area contributed by atoms with Crippen molar-refractivity contribution in [2.24, 2.45) is 11.8 Å². The first-order valence-corrected chi connectivity index (χ1v) is 7.40. The van der Waals surface area contributed by atoms with Crippen molar-refractivity contribution in [2.45, 2.75) is 38.2 Å². The number of rotatable bonds is 4. The van der Waals surface area contributed by atoms with E-state index in [9.17, 15) is 14.4 Å². The van der Waals surface area contributed by atoms with E-state index in [0.29, 0.717) is 0 Å². The minimum absolute atomic E-state index is 0.188. The Morgan fingerprint density at radius 1 is 1.00 bits per heavy atom. The first-order valence-electron chi connectivity index (χ1n) is 6.46. The third-order valence-electron chi connectivity index (χ3n) is 3.06. The van der Waals surface area contributed by atoms with Gasteiger partial charge in [0.15, 0.2) is 5.78 Å². The Morgan fingerprint density at radius 2 is 1.37 bits per heavy atom. The van der Waals surface area contributed by atoms with Crippen molar-refractivity contribution in [2.75, 3.05) is 13.2 Å². The molecule has 108 valence electrons. The zero-order chi connectivity index (χ0) is 14.6. The van der Waals surface area contributed by atoms with E-state index in [-0.39, 0.29) is 29.5 Å². The fraction of sp³-hybridized carbons (Fsp3) is 0.769. The van der Waals surface area contributed by atoms with Crippen LogP contribution in [-0.2, 0) is 23.9 Å². The van der Waals surface area contributed by atoms with E-state index in [1.807, 2.05) is 13.8 Å². The largest absolute Gasteiger partial charge is 0.465 e. The van der Waals surface area contributed by atoms with Gasteiger partial charge in [-0.05, 0) is 13.8 Å². The van der Waals surface area contributed by atoms with Gasteiger partial charge in [0.2, 0.25) is 0 Å². The third-order valence-corrected chi connectivity index (χ3v) is 4.47. The summed E-state index contributed by atoms with van der Waals surface area (Å²) in [4.78, 5) is 36.1. The molecule has 0 radical (unpaired) electrons. The van der Waals surface area contributed by atoms with Crippen LogP contribution in [-0.4, -0.2) is 41.4 Å². The van der Waals surface area contributed by atoms with Crippen LogP contribution >= 0.6 is 11.8 Å². The minimum Gasteiger partial charge on any atom is -0.465 e. The first-order chi connectivity index (χ1) is 8.93. The van der Waals surface area contributed by atoms with Crippen molar-refractivity contribution in [3.05, 3.63) is 0 Å².